The molecule has 7 nitrogen and oxygen atoms in total. The van der Waals surface area contributed by atoms with Crippen LogP contribution in [0.4, 0.5) is 5.69 Å². The molecular formula is C21H25N3O4. The van der Waals surface area contributed by atoms with Crippen LogP contribution in [-0.2, 0) is 14.3 Å². The van der Waals surface area contributed by atoms with Gasteiger partial charge >= 0.3 is 5.97 Å². The number of nitrogens with zero attached hydrogens (tertiary/aromatic N) is 2. The molecule has 1 aliphatic heterocycles. The van der Waals surface area contributed by atoms with Crippen LogP contribution in [0.3, 0.4) is 0 Å². The Morgan fingerprint density at radius 1 is 1.11 bits per heavy atom. The fourth-order valence-electron chi connectivity index (χ4n) is 4.19. The van der Waals surface area contributed by atoms with Crippen molar-refractivity contribution in [1.29, 1.82) is 5.26 Å². The van der Waals surface area contributed by atoms with Gasteiger partial charge < -0.3 is 15.0 Å². The van der Waals surface area contributed by atoms with Gasteiger partial charge in [-0.05, 0) is 55.9 Å². The van der Waals surface area contributed by atoms with Crippen LogP contribution in [0, 0.1) is 17.2 Å². The van der Waals surface area contributed by atoms with Crippen molar-refractivity contribution >= 4 is 23.5 Å². The average molecular weight is 383 g/mol. The highest BCUT2D eigenvalue weighted by Crippen LogP contribution is 2.35. The van der Waals surface area contributed by atoms with Gasteiger partial charge in [0, 0.05) is 18.3 Å². The predicted molar refractivity (Wildman–Crippen MR) is 102 cm³/mol. The monoisotopic (exact) mass is 383 g/mol. The quantitative estimate of drug-likeness (QED) is 0.788. The largest absolute Gasteiger partial charge is 0.452 e. The van der Waals surface area contributed by atoms with E-state index in [9.17, 15) is 14.4 Å². The summed E-state index contributed by atoms with van der Waals surface area (Å²) in [6.45, 7) is 0.497. The molecule has 0 unspecified atom stereocenters. The number of hydrogen-bond donors (Lipinski definition) is 1. The number of nitrogens with one attached hydrogen (secondary N) is 1. The number of carbonyl (C=O) groups is 3. The smallest absolute Gasteiger partial charge is 0.338 e. The van der Waals surface area contributed by atoms with E-state index in [0.717, 1.165) is 25.8 Å². The van der Waals surface area contributed by atoms with Crippen LogP contribution in [0.2, 0.25) is 0 Å². The highest BCUT2D eigenvalue weighted by atomic mass is 16.5. The number of ether oxygens (including phenoxy) is 1. The number of anilines is 1. The highest BCUT2D eigenvalue weighted by Gasteiger charge is 2.35. The second kappa shape index (κ2) is 9.36. The first-order valence-corrected chi connectivity index (χ1v) is 9.82. The molecule has 2 fully saturated rings. The number of amides is 2. The van der Waals surface area contributed by atoms with E-state index in [1.54, 1.807) is 18.2 Å². The molecule has 0 spiro atoms. The summed E-state index contributed by atoms with van der Waals surface area (Å²) in [6.07, 6.45) is 6.59. The van der Waals surface area contributed by atoms with Crippen LogP contribution in [0.1, 0.15) is 55.3 Å². The first-order chi connectivity index (χ1) is 13.6. The van der Waals surface area contributed by atoms with Gasteiger partial charge in [-0.25, -0.2) is 4.79 Å². The van der Waals surface area contributed by atoms with Crippen LogP contribution in [0.15, 0.2) is 24.3 Å². The second-order valence-electron chi connectivity index (χ2n) is 7.38. The number of benzene rings is 1. The van der Waals surface area contributed by atoms with E-state index in [2.05, 4.69) is 5.32 Å². The maximum atomic E-state index is 12.6. The maximum absolute atomic E-state index is 12.6. The van der Waals surface area contributed by atoms with Gasteiger partial charge in [0.1, 0.15) is 6.42 Å². The summed E-state index contributed by atoms with van der Waals surface area (Å²) in [4.78, 5) is 38.1. The van der Waals surface area contributed by atoms with E-state index in [4.69, 9.17) is 10.00 Å². The summed E-state index contributed by atoms with van der Waals surface area (Å²) >= 11 is 0. The summed E-state index contributed by atoms with van der Waals surface area (Å²) in [5.41, 5.74) is 0.796. The molecule has 148 valence electrons. The molecule has 7 heteroatoms. The Morgan fingerprint density at radius 3 is 2.57 bits per heavy atom. The van der Waals surface area contributed by atoms with Crippen molar-refractivity contribution in [1.82, 2.24) is 4.90 Å². The van der Waals surface area contributed by atoms with Gasteiger partial charge in [-0.15, -0.1) is 0 Å². The molecule has 0 bridgehead atoms. The summed E-state index contributed by atoms with van der Waals surface area (Å²) in [7, 11) is 0. The lowest BCUT2D eigenvalue weighted by atomic mass is 9.78. The molecule has 2 aliphatic rings. The van der Waals surface area contributed by atoms with Crippen molar-refractivity contribution in [2.45, 2.75) is 51.0 Å². The van der Waals surface area contributed by atoms with Gasteiger partial charge in [0.2, 0.25) is 5.91 Å². The van der Waals surface area contributed by atoms with Gasteiger partial charge in [-0.2, -0.15) is 5.26 Å². The van der Waals surface area contributed by atoms with Crippen molar-refractivity contribution < 1.29 is 19.1 Å². The van der Waals surface area contributed by atoms with Gasteiger partial charge in [-0.1, -0.05) is 12.8 Å². The van der Waals surface area contributed by atoms with Crippen molar-refractivity contribution in [3.63, 3.8) is 0 Å². The highest BCUT2D eigenvalue weighted by molar-refractivity contribution is 5.94. The number of piperidine rings is 1. The number of rotatable bonds is 5. The SMILES string of the molecule is N#CCC(=O)Nc1ccc(C(=O)OCC(=O)N2CCC[C@@H]3CCCC[C@@H]32)cc1. The lowest BCUT2D eigenvalue weighted by Gasteiger charge is -2.44. The van der Waals surface area contributed by atoms with Crippen molar-refractivity contribution in [2.24, 2.45) is 5.92 Å². The zero-order chi connectivity index (χ0) is 19.9. The summed E-state index contributed by atoms with van der Waals surface area (Å²) < 4.78 is 5.22. The minimum atomic E-state index is -0.569. The van der Waals surface area contributed by atoms with Crippen LogP contribution < -0.4 is 5.32 Å². The molecule has 2 amide bonds. The standard InChI is InChI=1S/C21H25N3O4/c22-12-11-19(25)23-17-9-7-16(8-10-17)21(27)28-14-20(26)24-13-3-5-15-4-1-2-6-18(15)24/h7-10,15,18H,1-6,11,13-14H2,(H,23,25)/t15-,18-/m0/s1. The topological polar surface area (TPSA) is 99.5 Å². The number of nitriles is 1. The average Bonchev–Trinajstić information content (AvgIpc) is 2.72. The van der Waals surface area contributed by atoms with Crippen molar-refractivity contribution in [2.75, 3.05) is 18.5 Å². The zero-order valence-corrected chi connectivity index (χ0v) is 15.9. The van der Waals surface area contributed by atoms with Crippen molar-refractivity contribution in [3.8, 4) is 6.07 Å². The number of fused-ring (bicyclic) bond motifs is 1. The molecule has 1 saturated carbocycles. The first-order valence-electron chi connectivity index (χ1n) is 9.82. The third kappa shape index (κ3) is 4.89. The Kier molecular flexibility index (Phi) is 6.64. The molecule has 3 rings (SSSR count). The number of likely N-dealkylation sites (tertiary alicyclic amines) is 1. The molecule has 1 heterocycles. The lowest BCUT2D eigenvalue weighted by molar-refractivity contribution is -0.140. The van der Waals surface area contributed by atoms with E-state index in [0.29, 0.717) is 23.2 Å². The number of esters is 1. The van der Waals surface area contributed by atoms with Gasteiger partial charge in [-0.3, -0.25) is 9.59 Å². The second-order valence-corrected chi connectivity index (χ2v) is 7.38. The number of carbonyl (C=O) groups excluding carboxylic acids is 3. The Bertz CT molecular complexity index is 767. The summed E-state index contributed by atoms with van der Waals surface area (Å²) in [5, 5.41) is 11.0. The minimum Gasteiger partial charge on any atom is -0.452 e. The van der Waals surface area contributed by atoms with E-state index >= 15 is 0 Å². The first kappa shape index (κ1) is 19.9. The van der Waals surface area contributed by atoms with Gasteiger partial charge in [0.15, 0.2) is 6.61 Å². The van der Waals surface area contributed by atoms with E-state index < -0.39 is 11.9 Å². The van der Waals surface area contributed by atoms with E-state index in [-0.39, 0.29) is 18.9 Å². The molecule has 2 atom stereocenters. The predicted octanol–water partition coefficient (Wildman–Crippen LogP) is 2.88. The molecule has 1 aromatic carbocycles. The fraction of sp³-hybridized carbons (Fsp3) is 0.524. The van der Waals surface area contributed by atoms with Crippen LogP contribution >= 0.6 is 0 Å². The Balaban J connectivity index is 1.51. The zero-order valence-electron chi connectivity index (χ0n) is 15.9. The molecule has 28 heavy (non-hydrogen) atoms. The normalized spacial score (nSPS) is 21.2. The lowest BCUT2D eigenvalue weighted by Crippen LogP contribution is -2.50. The summed E-state index contributed by atoms with van der Waals surface area (Å²) in [5.74, 6) is -0.511. The summed E-state index contributed by atoms with van der Waals surface area (Å²) in [6, 6.07) is 8.23. The van der Waals surface area contributed by atoms with Crippen LogP contribution in [0.25, 0.3) is 0 Å². The third-order valence-corrected chi connectivity index (χ3v) is 5.53. The maximum Gasteiger partial charge on any atom is 0.338 e. The van der Waals surface area contributed by atoms with E-state index in [1.165, 1.54) is 31.4 Å². The van der Waals surface area contributed by atoms with Crippen LogP contribution in [0.5, 0.6) is 0 Å². The minimum absolute atomic E-state index is 0.120. The van der Waals surface area contributed by atoms with Gasteiger partial charge in [0.05, 0.1) is 11.6 Å². The number of hydrogen-bond acceptors (Lipinski definition) is 5. The Morgan fingerprint density at radius 2 is 1.82 bits per heavy atom. The molecule has 1 aromatic rings. The Hall–Kier alpha value is -2.88. The molecule has 1 aliphatic carbocycles. The molecule has 0 aromatic heterocycles. The fourth-order valence-corrected chi connectivity index (χ4v) is 4.19. The molecule has 1 N–H and O–H groups in total. The molecule has 0 radical (unpaired) electrons. The van der Waals surface area contributed by atoms with Crippen molar-refractivity contribution in [3.05, 3.63) is 29.8 Å². The molecule has 1 saturated heterocycles. The Labute approximate surface area is 164 Å². The van der Waals surface area contributed by atoms with E-state index in [1.807, 2.05) is 4.90 Å². The van der Waals surface area contributed by atoms with Gasteiger partial charge in [0.25, 0.3) is 5.91 Å². The van der Waals surface area contributed by atoms with Crippen LogP contribution in [-0.4, -0.2) is 41.9 Å². The third-order valence-electron chi connectivity index (χ3n) is 5.53. The molecular weight excluding hydrogens is 358 g/mol.